The van der Waals surface area contributed by atoms with Crippen molar-refractivity contribution < 1.29 is 4.79 Å². The summed E-state index contributed by atoms with van der Waals surface area (Å²) in [6, 6.07) is 18.1. The molecule has 4 rings (SSSR count). The lowest BCUT2D eigenvalue weighted by atomic mass is 10.0. The summed E-state index contributed by atoms with van der Waals surface area (Å²) in [5.41, 5.74) is 2.24. The summed E-state index contributed by atoms with van der Waals surface area (Å²) >= 11 is 7.53. The first-order valence-corrected chi connectivity index (χ1v) is 11.0. The van der Waals surface area contributed by atoms with Crippen molar-refractivity contribution in [3.05, 3.63) is 59.1 Å². The molecule has 1 aromatic heterocycles. The molecule has 1 amide bonds. The van der Waals surface area contributed by atoms with Gasteiger partial charge in [0.1, 0.15) is 5.54 Å². The van der Waals surface area contributed by atoms with Gasteiger partial charge in [-0.2, -0.15) is 5.26 Å². The zero-order valence-electron chi connectivity index (χ0n) is 15.9. The van der Waals surface area contributed by atoms with E-state index in [1.807, 2.05) is 36.4 Å². The molecular weight excluding hydrogens is 404 g/mol. The van der Waals surface area contributed by atoms with Crippen LogP contribution in [-0.2, 0) is 11.3 Å². The van der Waals surface area contributed by atoms with E-state index < -0.39 is 5.54 Å². The van der Waals surface area contributed by atoms with Crippen LogP contribution >= 0.6 is 23.4 Å². The van der Waals surface area contributed by atoms with Crippen LogP contribution in [0.2, 0.25) is 5.02 Å². The predicted molar refractivity (Wildman–Crippen MR) is 116 cm³/mol. The Kier molecular flexibility index (Phi) is 5.79. The van der Waals surface area contributed by atoms with Gasteiger partial charge in [0.2, 0.25) is 5.91 Å². The van der Waals surface area contributed by atoms with Crippen molar-refractivity contribution in [3.63, 3.8) is 0 Å². The number of nitrogens with zero attached hydrogens (tertiary/aromatic N) is 3. The highest BCUT2D eigenvalue weighted by molar-refractivity contribution is 7.99. The first-order chi connectivity index (χ1) is 14.1. The fraction of sp³-hybridized carbons (Fsp3) is 0.318. The SMILES string of the molecule is N#CC1(NC(=O)CSc2nc3cc(Cl)ccc3n2Cc2ccccc2)CCCC1. The number of rotatable bonds is 6. The number of hydrogen-bond donors (Lipinski definition) is 1. The Morgan fingerprint density at radius 1 is 1.24 bits per heavy atom. The number of imidazole rings is 1. The maximum atomic E-state index is 12.5. The molecular formula is C22H21ClN4OS. The van der Waals surface area contributed by atoms with E-state index in [1.54, 1.807) is 0 Å². The van der Waals surface area contributed by atoms with E-state index in [1.165, 1.54) is 11.8 Å². The summed E-state index contributed by atoms with van der Waals surface area (Å²) in [6.45, 7) is 0.658. The van der Waals surface area contributed by atoms with Gasteiger partial charge in [-0.05, 0) is 49.4 Å². The van der Waals surface area contributed by atoms with E-state index >= 15 is 0 Å². The number of fused-ring (bicyclic) bond motifs is 1. The third-order valence-corrected chi connectivity index (χ3v) is 6.45. The van der Waals surface area contributed by atoms with E-state index in [-0.39, 0.29) is 11.7 Å². The Morgan fingerprint density at radius 3 is 2.72 bits per heavy atom. The van der Waals surface area contributed by atoms with Crippen molar-refractivity contribution >= 4 is 40.3 Å². The van der Waals surface area contributed by atoms with Crippen LogP contribution < -0.4 is 5.32 Å². The van der Waals surface area contributed by atoms with E-state index in [0.29, 0.717) is 11.6 Å². The topological polar surface area (TPSA) is 70.7 Å². The summed E-state index contributed by atoms with van der Waals surface area (Å²) in [7, 11) is 0. The van der Waals surface area contributed by atoms with E-state index in [4.69, 9.17) is 16.6 Å². The molecule has 0 atom stereocenters. The minimum atomic E-state index is -0.699. The highest BCUT2D eigenvalue weighted by atomic mass is 35.5. The Morgan fingerprint density at radius 2 is 2.00 bits per heavy atom. The smallest absolute Gasteiger partial charge is 0.231 e. The van der Waals surface area contributed by atoms with Crippen LogP contribution in [0, 0.1) is 11.3 Å². The zero-order valence-corrected chi connectivity index (χ0v) is 17.5. The molecule has 0 aliphatic heterocycles. The molecule has 1 heterocycles. The number of thioether (sulfide) groups is 1. The van der Waals surface area contributed by atoms with Crippen LogP contribution in [-0.4, -0.2) is 26.8 Å². The number of carbonyl (C=O) groups excluding carboxylic acids is 1. The molecule has 1 saturated carbocycles. The van der Waals surface area contributed by atoms with Gasteiger partial charge in [0.05, 0.1) is 29.4 Å². The van der Waals surface area contributed by atoms with Gasteiger partial charge in [-0.25, -0.2) is 4.98 Å². The van der Waals surface area contributed by atoms with Crippen molar-refractivity contribution in [1.29, 1.82) is 5.26 Å². The van der Waals surface area contributed by atoms with Gasteiger partial charge in [-0.3, -0.25) is 4.79 Å². The molecule has 0 bridgehead atoms. The molecule has 2 aromatic carbocycles. The van der Waals surface area contributed by atoms with Crippen LogP contribution in [0.4, 0.5) is 0 Å². The summed E-state index contributed by atoms with van der Waals surface area (Å²) in [5.74, 6) is 0.0877. The van der Waals surface area contributed by atoms with Crippen molar-refractivity contribution in [2.75, 3.05) is 5.75 Å². The average molecular weight is 425 g/mol. The third-order valence-electron chi connectivity index (χ3n) is 5.24. The molecule has 1 aliphatic rings. The molecule has 3 aromatic rings. The van der Waals surface area contributed by atoms with Gasteiger partial charge in [-0.1, -0.05) is 53.7 Å². The number of nitriles is 1. The monoisotopic (exact) mass is 424 g/mol. The second kappa shape index (κ2) is 8.48. The number of benzene rings is 2. The number of carbonyl (C=O) groups is 1. The van der Waals surface area contributed by atoms with Crippen molar-refractivity contribution in [2.45, 2.75) is 42.9 Å². The Hall–Kier alpha value is -2.49. The Balaban J connectivity index is 1.55. The largest absolute Gasteiger partial charge is 0.337 e. The molecule has 1 aliphatic carbocycles. The van der Waals surface area contributed by atoms with Crippen LogP contribution in [0.25, 0.3) is 11.0 Å². The van der Waals surface area contributed by atoms with Crippen LogP contribution in [0.1, 0.15) is 31.2 Å². The predicted octanol–water partition coefficient (Wildman–Crippen LogP) is 4.78. The van der Waals surface area contributed by atoms with Gasteiger partial charge in [0.25, 0.3) is 0 Å². The molecule has 0 radical (unpaired) electrons. The highest BCUT2D eigenvalue weighted by Gasteiger charge is 2.35. The van der Waals surface area contributed by atoms with Gasteiger partial charge < -0.3 is 9.88 Å². The summed E-state index contributed by atoms with van der Waals surface area (Å²) in [6.07, 6.45) is 3.42. The molecule has 1 fully saturated rings. The van der Waals surface area contributed by atoms with Gasteiger partial charge in [0.15, 0.2) is 5.16 Å². The Bertz CT molecular complexity index is 1070. The molecule has 29 heavy (non-hydrogen) atoms. The van der Waals surface area contributed by atoms with Crippen LogP contribution in [0.5, 0.6) is 0 Å². The number of nitrogens with one attached hydrogen (secondary N) is 1. The number of amides is 1. The molecule has 0 saturated heterocycles. The minimum Gasteiger partial charge on any atom is -0.337 e. The lowest BCUT2D eigenvalue weighted by molar-refractivity contribution is -0.119. The van der Waals surface area contributed by atoms with Gasteiger partial charge >= 0.3 is 0 Å². The number of aromatic nitrogens is 2. The minimum absolute atomic E-state index is 0.130. The fourth-order valence-electron chi connectivity index (χ4n) is 3.79. The van der Waals surface area contributed by atoms with Crippen LogP contribution in [0.3, 0.4) is 0 Å². The maximum Gasteiger partial charge on any atom is 0.231 e. The first-order valence-electron chi connectivity index (χ1n) is 9.63. The summed E-state index contributed by atoms with van der Waals surface area (Å²) < 4.78 is 2.11. The molecule has 148 valence electrons. The molecule has 0 spiro atoms. The fourth-order valence-corrected chi connectivity index (χ4v) is 4.77. The molecule has 5 nitrogen and oxygen atoms in total. The number of hydrogen-bond acceptors (Lipinski definition) is 4. The standard InChI is InChI=1S/C22H21ClN4OS/c23-17-8-9-19-18(12-17)25-21(27(19)13-16-6-2-1-3-7-16)29-14-20(28)26-22(15-24)10-4-5-11-22/h1-3,6-9,12H,4-5,10-11,13-14H2,(H,26,28). The normalized spacial score (nSPS) is 15.3. The van der Waals surface area contributed by atoms with Gasteiger partial charge in [0, 0.05) is 5.02 Å². The molecule has 7 heteroatoms. The molecule has 1 N–H and O–H groups in total. The molecule has 0 unspecified atom stereocenters. The van der Waals surface area contributed by atoms with Crippen molar-refractivity contribution in [1.82, 2.24) is 14.9 Å². The lowest BCUT2D eigenvalue weighted by Crippen LogP contribution is -2.45. The van der Waals surface area contributed by atoms with E-state index in [2.05, 4.69) is 28.1 Å². The second-order valence-corrected chi connectivity index (χ2v) is 8.72. The van der Waals surface area contributed by atoms with E-state index in [9.17, 15) is 10.1 Å². The first kappa shape index (κ1) is 19.8. The zero-order chi connectivity index (χ0) is 20.3. The second-order valence-electron chi connectivity index (χ2n) is 7.34. The van der Waals surface area contributed by atoms with Crippen LogP contribution in [0.15, 0.2) is 53.7 Å². The maximum absolute atomic E-state index is 12.5. The Labute approximate surface area is 179 Å². The summed E-state index contributed by atoms with van der Waals surface area (Å²) in [4.78, 5) is 17.2. The third kappa shape index (κ3) is 4.42. The summed E-state index contributed by atoms with van der Waals surface area (Å²) in [5, 5.41) is 13.8. The van der Waals surface area contributed by atoms with Crippen molar-refractivity contribution in [2.24, 2.45) is 0 Å². The average Bonchev–Trinajstić information content (AvgIpc) is 3.32. The van der Waals surface area contributed by atoms with Crippen molar-refractivity contribution in [3.8, 4) is 6.07 Å². The van der Waals surface area contributed by atoms with Gasteiger partial charge in [-0.15, -0.1) is 0 Å². The quantitative estimate of drug-likeness (QED) is 0.578. The number of halogens is 1. The lowest BCUT2D eigenvalue weighted by Gasteiger charge is -2.21. The highest BCUT2D eigenvalue weighted by Crippen LogP contribution is 2.30. The van der Waals surface area contributed by atoms with E-state index in [0.717, 1.165) is 47.4 Å².